The Morgan fingerprint density at radius 1 is 1.20 bits per heavy atom. The van der Waals surface area contributed by atoms with Gasteiger partial charge in [0.1, 0.15) is 0 Å². The number of hydrogen-bond donors (Lipinski definition) is 1. The third-order valence-electron chi connectivity index (χ3n) is 2.93. The molecule has 0 radical (unpaired) electrons. The topological polar surface area (TPSA) is 29.1 Å². The molecule has 0 aliphatic heterocycles. The predicted molar refractivity (Wildman–Crippen MR) is 66.9 cm³/mol. The molecule has 0 aromatic carbocycles. The van der Waals surface area contributed by atoms with E-state index in [9.17, 15) is 4.79 Å². The van der Waals surface area contributed by atoms with Gasteiger partial charge in [-0.3, -0.25) is 4.79 Å². The number of rotatable bonds is 3. The average molecular weight is 274 g/mol. The van der Waals surface area contributed by atoms with E-state index in [-0.39, 0.29) is 11.8 Å². The molecule has 1 aliphatic rings. The first-order valence-corrected chi connectivity index (χ1v) is 6.60. The van der Waals surface area contributed by atoms with E-state index in [2.05, 4.69) is 27.8 Å². The van der Waals surface area contributed by atoms with Gasteiger partial charge in [0.25, 0.3) is 0 Å². The van der Waals surface area contributed by atoms with Crippen molar-refractivity contribution < 1.29 is 4.79 Å². The SMILES string of the molecule is C=C(Br)CNC(=O)C1CCCCCCC1. The quantitative estimate of drug-likeness (QED) is 0.840. The lowest BCUT2D eigenvalue weighted by Crippen LogP contribution is -2.31. The van der Waals surface area contributed by atoms with Crippen molar-refractivity contribution in [3.63, 3.8) is 0 Å². The fourth-order valence-corrected chi connectivity index (χ4v) is 2.19. The van der Waals surface area contributed by atoms with Crippen molar-refractivity contribution in [3.05, 3.63) is 11.1 Å². The van der Waals surface area contributed by atoms with Crippen LogP contribution in [0.15, 0.2) is 11.1 Å². The van der Waals surface area contributed by atoms with Crippen molar-refractivity contribution in [1.82, 2.24) is 5.32 Å². The first-order valence-electron chi connectivity index (χ1n) is 5.81. The van der Waals surface area contributed by atoms with E-state index in [1.807, 2.05) is 0 Å². The molecule has 1 fully saturated rings. The van der Waals surface area contributed by atoms with E-state index in [1.54, 1.807) is 0 Å². The first kappa shape index (κ1) is 12.8. The summed E-state index contributed by atoms with van der Waals surface area (Å²) in [6.45, 7) is 4.26. The molecule has 1 saturated carbocycles. The van der Waals surface area contributed by atoms with Crippen LogP contribution in [-0.4, -0.2) is 12.5 Å². The summed E-state index contributed by atoms with van der Waals surface area (Å²) < 4.78 is 0.835. The van der Waals surface area contributed by atoms with Crippen LogP contribution >= 0.6 is 15.9 Å². The predicted octanol–water partition coefficient (Wildman–Crippen LogP) is 3.37. The minimum atomic E-state index is 0.206. The summed E-state index contributed by atoms with van der Waals surface area (Å²) >= 11 is 3.25. The number of amides is 1. The summed E-state index contributed by atoms with van der Waals surface area (Å²) in [6, 6.07) is 0. The molecular formula is C12H20BrNO. The van der Waals surface area contributed by atoms with Crippen molar-refractivity contribution in [2.75, 3.05) is 6.54 Å². The van der Waals surface area contributed by atoms with E-state index in [4.69, 9.17) is 0 Å². The maximum absolute atomic E-state index is 11.8. The Bertz CT molecular complexity index is 220. The molecule has 86 valence electrons. The van der Waals surface area contributed by atoms with Gasteiger partial charge in [-0.05, 0) is 12.8 Å². The van der Waals surface area contributed by atoms with Crippen LogP contribution in [0.1, 0.15) is 44.9 Å². The Morgan fingerprint density at radius 3 is 2.27 bits per heavy atom. The minimum absolute atomic E-state index is 0.206. The van der Waals surface area contributed by atoms with Crippen LogP contribution in [0.5, 0.6) is 0 Å². The molecule has 15 heavy (non-hydrogen) atoms. The summed E-state index contributed by atoms with van der Waals surface area (Å²) in [7, 11) is 0. The molecule has 1 N–H and O–H groups in total. The van der Waals surface area contributed by atoms with Gasteiger partial charge in [0.15, 0.2) is 0 Å². The molecule has 0 bridgehead atoms. The summed E-state index contributed by atoms with van der Waals surface area (Å²) in [5, 5.41) is 2.91. The standard InChI is InChI=1S/C12H20BrNO/c1-10(13)9-14-12(15)11-7-5-3-2-4-6-8-11/h11H,1-9H2,(H,14,15). The zero-order valence-electron chi connectivity index (χ0n) is 9.23. The summed E-state index contributed by atoms with van der Waals surface area (Å²) in [4.78, 5) is 11.8. The van der Waals surface area contributed by atoms with Crippen molar-refractivity contribution in [3.8, 4) is 0 Å². The number of nitrogens with one attached hydrogen (secondary N) is 1. The van der Waals surface area contributed by atoms with Gasteiger partial charge >= 0.3 is 0 Å². The first-order chi connectivity index (χ1) is 7.20. The van der Waals surface area contributed by atoms with Crippen molar-refractivity contribution in [2.24, 2.45) is 5.92 Å². The fraction of sp³-hybridized carbons (Fsp3) is 0.750. The van der Waals surface area contributed by atoms with Gasteiger partial charge in [0.05, 0.1) is 0 Å². The minimum Gasteiger partial charge on any atom is -0.351 e. The molecule has 0 spiro atoms. The van der Waals surface area contributed by atoms with Crippen molar-refractivity contribution in [2.45, 2.75) is 44.9 Å². The van der Waals surface area contributed by atoms with Crippen LogP contribution < -0.4 is 5.32 Å². The molecule has 1 rings (SSSR count). The van der Waals surface area contributed by atoms with E-state index < -0.39 is 0 Å². The van der Waals surface area contributed by atoms with Gasteiger partial charge in [0.2, 0.25) is 5.91 Å². The highest BCUT2D eigenvalue weighted by Gasteiger charge is 2.18. The molecule has 0 atom stereocenters. The number of carbonyl (C=O) groups is 1. The molecule has 3 heteroatoms. The molecule has 1 amide bonds. The van der Waals surface area contributed by atoms with Gasteiger partial charge in [-0.15, -0.1) is 0 Å². The second kappa shape index (κ2) is 7.04. The van der Waals surface area contributed by atoms with Crippen LogP contribution in [0.4, 0.5) is 0 Å². The summed E-state index contributed by atoms with van der Waals surface area (Å²) in [5.41, 5.74) is 0. The van der Waals surface area contributed by atoms with Gasteiger partial charge in [-0.25, -0.2) is 0 Å². The highest BCUT2D eigenvalue weighted by Crippen LogP contribution is 2.22. The zero-order chi connectivity index (χ0) is 11.1. The zero-order valence-corrected chi connectivity index (χ0v) is 10.8. The number of carbonyl (C=O) groups excluding carboxylic acids is 1. The van der Waals surface area contributed by atoms with Crippen LogP contribution in [0, 0.1) is 5.92 Å². The molecule has 0 aromatic heterocycles. The smallest absolute Gasteiger partial charge is 0.223 e. The molecule has 0 aromatic rings. The molecule has 0 unspecified atom stereocenters. The van der Waals surface area contributed by atoms with Crippen molar-refractivity contribution >= 4 is 21.8 Å². The molecule has 2 nitrogen and oxygen atoms in total. The lowest BCUT2D eigenvalue weighted by Gasteiger charge is -2.18. The van der Waals surface area contributed by atoms with Crippen LogP contribution in [0.3, 0.4) is 0 Å². The Kier molecular flexibility index (Phi) is 5.99. The van der Waals surface area contributed by atoms with Crippen LogP contribution in [-0.2, 0) is 4.79 Å². The highest BCUT2D eigenvalue weighted by molar-refractivity contribution is 9.11. The highest BCUT2D eigenvalue weighted by atomic mass is 79.9. The van der Waals surface area contributed by atoms with Crippen molar-refractivity contribution in [1.29, 1.82) is 0 Å². The largest absolute Gasteiger partial charge is 0.351 e. The second-order valence-electron chi connectivity index (χ2n) is 4.28. The van der Waals surface area contributed by atoms with Gasteiger partial charge in [-0.1, -0.05) is 54.6 Å². The molecule has 0 heterocycles. The van der Waals surface area contributed by atoms with Gasteiger partial charge in [0, 0.05) is 16.9 Å². The lowest BCUT2D eigenvalue weighted by molar-refractivity contribution is -0.125. The molecule has 0 saturated heterocycles. The average Bonchev–Trinajstić information content (AvgIpc) is 2.13. The second-order valence-corrected chi connectivity index (χ2v) is 5.40. The monoisotopic (exact) mass is 273 g/mol. The normalized spacial score (nSPS) is 19.0. The number of halogens is 1. The molecular weight excluding hydrogens is 254 g/mol. The Morgan fingerprint density at radius 2 is 1.73 bits per heavy atom. The fourth-order valence-electron chi connectivity index (χ4n) is 2.05. The lowest BCUT2D eigenvalue weighted by atomic mass is 9.90. The maximum Gasteiger partial charge on any atom is 0.223 e. The summed E-state index contributed by atoms with van der Waals surface area (Å²) in [5.74, 6) is 0.439. The molecule has 1 aliphatic carbocycles. The van der Waals surface area contributed by atoms with Gasteiger partial charge < -0.3 is 5.32 Å². The van der Waals surface area contributed by atoms with E-state index in [0.29, 0.717) is 6.54 Å². The Labute approximate surface area is 101 Å². The number of hydrogen-bond acceptors (Lipinski definition) is 1. The van der Waals surface area contributed by atoms with E-state index in [0.717, 1.165) is 17.3 Å². The van der Waals surface area contributed by atoms with Crippen LogP contribution in [0.2, 0.25) is 0 Å². The van der Waals surface area contributed by atoms with Crippen LogP contribution in [0.25, 0.3) is 0 Å². The van der Waals surface area contributed by atoms with E-state index in [1.165, 1.54) is 32.1 Å². The Balaban J connectivity index is 2.31. The van der Waals surface area contributed by atoms with E-state index >= 15 is 0 Å². The third-order valence-corrected chi connectivity index (χ3v) is 3.21. The maximum atomic E-state index is 11.8. The summed E-state index contributed by atoms with van der Waals surface area (Å²) in [6.07, 6.45) is 8.43. The third kappa shape index (κ3) is 5.36. The Hall–Kier alpha value is -0.310. The van der Waals surface area contributed by atoms with Gasteiger partial charge in [-0.2, -0.15) is 0 Å².